The zero-order valence-corrected chi connectivity index (χ0v) is 14.3. The maximum absolute atomic E-state index is 13.7. The second kappa shape index (κ2) is 6.46. The van der Waals surface area contributed by atoms with Gasteiger partial charge in [0.1, 0.15) is 5.82 Å². The molecule has 3 heteroatoms. The Balaban J connectivity index is 1.83. The second-order valence-electron chi connectivity index (χ2n) is 7.09. The van der Waals surface area contributed by atoms with E-state index in [9.17, 15) is 4.39 Å². The highest BCUT2D eigenvalue weighted by Crippen LogP contribution is 2.39. The van der Waals surface area contributed by atoms with E-state index in [1.807, 2.05) is 6.07 Å². The van der Waals surface area contributed by atoms with E-state index in [0.717, 1.165) is 16.9 Å². The molecule has 0 bridgehead atoms. The van der Waals surface area contributed by atoms with Crippen molar-refractivity contribution in [1.29, 1.82) is 0 Å². The summed E-state index contributed by atoms with van der Waals surface area (Å²) in [4.78, 5) is 0. The van der Waals surface area contributed by atoms with Crippen LogP contribution < -0.4 is 5.32 Å². The van der Waals surface area contributed by atoms with Crippen molar-refractivity contribution < 1.29 is 4.39 Å². The lowest BCUT2D eigenvalue weighted by molar-refractivity contribution is 0.153. The largest absolute Gasteiger partial charge is 0.382 e. The molecule has 1 aromatic rings. The van der Waals surface area contributed by atoms with E-state index in [1.54, 1.807) is 6.07 Å². The minimum Gasteiger partial charge on any atom is -0.382 e. The highest BCUT2D eigenvalue weighted by atomic mass is 79.9. The van der Waals surface area contributed by atoms with Crippen molar-refractivity contribution in [3.63, 3.8) is 0 Å². The van der Waals surface area contributed by atoms with E-state index in [2.05, 4.69) is 42.0 Å². The molecule has 2 rings (SSSR count). The van der Waals surface area contributed by atoms with Gasteiger partial charge in [-0.05, 0) is 61.1 Å². The van der Waals surface area contributed by atoms with E-state index in [0.29, 0.717) is 17.0 Å². The van der Waals surface area contributed by atoms with Gasteiger partial charge in [-0.15, -0.1) is 0 Å². The second-order valence-corrected chi connectivity index (χ2v) is 8.00. The van der Waals surface area contributed by atoms with Crippen molar-refractivity contribution in [3.05, 3.63) is 28.5 Å². The molecule has 1 fully saturated rings. The summed E-state index contributed by atoms with van der Waals surface area (Å²) < 4.78 is 14.6. The molecule has 0 spiro atoms. The first kappa shape index (κ1) is 15.8. The Morgan fingerprint density at radius 2 is 1.85 bits per heavy atom. The van der Waals surface area contributed by atoms with Crippen LogP contribution in [0.15, 0.2) is 22.7 Å². The summed E-state index contributed by atoms with van der Waals surface area (Å²) in [5.41, 5.74) is 1.03. The number of rotatable bonds is 3. The first-order valence-corrected chi connectivity index (χ1v) is 8.34. The Kier molecular flexibility index (Phi) is 5.11. The van der Waals surface area contributed by atoms with Gasteiger partial charge in [0, 0.05) is 11.0 Å². The Labute approximate surface area is 130 Å². The number of anilines is 1. The number of hydrogen-bond donors (Lipinski definition) is 1. The van der Waals surface area contributed by atoms with Gasteiger partial charge < -0.3 is 5.32 Å². The fourth-order valence-electron chi connectivity index (χ4n) is 3.12. The Morgan fingerprint density at radius 3 is 2.45 bits per heavy atom. The minimum atomic E-state index is -0.170. The molecule has 0 aliphatic heterocycles. The lowest BCUT2D eigenvalue weighted by Crippen LogP contribution is -2.28. The Hall–Kier alpha value is -0.570. The van der Waals surface area contributed by atoms with Crippen LogP contribution in [0.5, 0.6) is 0 Å². The van der Waals surface area contributed by atoms with Crippen molar-refractivity contribution in [3.8, 4) is 0 Å². The maximum atomic E-state index is 13.7. The summed E-state index contributed by atoms with van der Waals surface area (Å²) in [7, 11) is 0. The molecular formula is C17H25BrFN. The van der Waals surface area contributed by atoms with Gasteiger partial charge in [-0.1, -0.05) is 36.7 Å². The van der Waals surface area contributed by atoms with Crippen LogP contribution in [0.25, 0.3) is 0 Å². The normalized spacial score (nSPS) is 23.6. The van der Waals surface area contributed by atoms with E-state index in [-0.39, 0.29) is 5.82 Å². The lowest BCUT2D eigenvalue weighted by Gasteiger charge is -2.37. The number of hydrogen-bond acceptors (Lipinski definition) is 1. The van der Waals surface area contributed by atoms with Gasteiger partial charge >= 0.3 is 0 Å². The van der Waals surface area contributed by atoms with Crippen molar-refractivity contribution in [2.24, 2.45) is 17.3 Å². The molecule has 0 amide bonds. The predicted molar refractivity (Wildman–Crippen MR) is 87.5 cm³/mol. The average molecular weight is 342 g/mol. The molecule has 1 N–H and O–H groups in total. The molecule has 0 radical (unpaired) electrons. The van der Waals surface area contributed by atoms with Gasteiger partial charge in [0.25, 0.3) is 0 Å². The van der Waals surface area contributed by atoms with E-state index < -0.39 is 0 Å². The number of nitrogens with one attached hydrogen (secondary N) is 1. The van der Waals surface area contributed by atoms with E-state index >= 15 is 0 Å². The summed E-state index contributed by atoms with van der Waals surface area (Å²) in [6, 6.07) is 5.05. The summed E-state index contributed by atoms with van der Waals surface area (Å²) in [5, 5.41) is 3.27. The van der Waals surface area contributed by atoms with Crippen LogP contribution in [0, 0.1) is 23.1 Å². The van der Waals surface area contributed by atoms with Crippen LogP contribution in [0.1, 0.15) is 46.5 Å². The highest BCUT2D eigenvalue weighted by Gasteiger charge is 2.29. The fraction of sp³-hybridized carbons (Fsp3) is 0.647. The molecule has 0 unspecified atom stereocenters. The lowest BCUT2D eigenvalue weighted by atomic mass is 9.70. The Bertz CT molecular complexity index is 445. The number of halogens is 2. The van der Waals surface area contributed by atoms with Crippen LogP contribution in [0.4, 0.5) is 10.1 Å². The van der Waals surface area contributed by atoms with Gasteiger partial charge in [0.05, 0.1) is 5.69 Å². The van der Waals surface area contributed by atoms with E-state index in [1.165, 1.54) is 31.7 Å². The van der Waals surface area contributed by atoms with Gasteiger partial charge in [0.15, 0.2) is 0 Å². The zero-order chi connectivity index (χ0) is 14.8. The van der Waals surface area contributed by atoms with Gasteiger partial charge in [-0.25, -0.2) is 4.39 Å². The van der Waals surface area contributed by atoms with Gasteiger partial charge in [-0.2, -0.15) is 0 Å². The monoisotopic (exact) mass is 341 g/mol. The topological polar surface area (TPSA) is 12.0 Å². The molecule has 112 valence electrons. The molecule has 20 heavy (non-hydrogen) atoms. The molecule has 0 aromatic heterocycles. The maximum Gasteiger partial charge on any atom is 0.146 e. The van der Waals surface area contributed by atoms with Crippen LogP contribution in [-0.2, 0) is 0 Å². The highest BCUT2D eigenvalue weighted by molar-refractivity contribution is 9.10. The van der Waals surface area contributed by atoms with Gasteiger partial charge in [0.2, 0.25) is 0 Å². The summed E-state index contributed by atoms with van der Waals surface area (Å²) >= 11 is 3.39. The van der Waals surface area contributed by atoms with Crippen molar-refractivity contribution in [2.75, 3.05) is 11.9 Å². The smallest absolute Gasteiger partial charge is 0.146 e. The third-order valence-electron chi connectivity index (χ3n) is 4.58. The predicted octanol–water partition coefficient (Wildman–Crippen LogP) is 5.85. The van der Waals surface area contributed by atoms with Crippen LogP contribution in [-0.4, -0.2) is 6.54 Å². The SMILES string of the molecule is CC(C)(C)C1CCC(CNc2cc(Br)ccc2F)CC1. The summed E-state index contributed by atoms with van der Waals surface area (Å²) in [6.07, 6.45) is 5.11. The summed E-state index contributed by atoms with van der Waals surface area (Å²) in [5.74, 6) is 1.34. The van der Waals surface area contributed by atoms with Crippen LogP contribution in [0.2, 0.25) is 0 Å². The van der Waals surface area contributed by atoms with E-state index in [4.69, 9.17) is 0 Å². The average Bonchev–Trinajstić information content (AvgIpc) is 2.39. The molecule has 1 saturated carbocycles. The molecule has 1 aliphatic rings. The first-order valence-electron chi connectivity index (χ1n) is 7.55. The quantitative estimate of drug-likeness (QED) is 0.726. The molecule has 1 aromatic carbocycles. The zero-order valence-electron chi connectivity index (χ0n) is 12.7. The minimum absolute atomic E-state index is 0.170. The Morgan fingerprint density at radius 1 is 1.20 bits per heavy atom. The molecular weight excluding hydrogens is 317 g/mol. The van der Waals surface area contributed by atoms with Gasteiger partial charge in [-0.3, -0.25) is 0 Å². The molecule has 0 atom stereocenters. The summed E-state index contributed by atoms with van der Waals surface area (Å²) in [6.45, 7) is 7.90. The number of benzene rings is 1. The fourth-order valence-corrected chi connectivity index (χ4v) is 3.48. The molecule has 0 saturated heterocycles. The van der Waals surface area contributed by atoms with Crippen molar-refractivity contribution >= 4 is 21.6 Å². The third kappa shape index (κ3) is 4.21. The van der Waals surface area contributed by atoms with Crippen molar-refractivity contribution in [2.45, 2.75) is 46.5 Å². The molecule has 0 heterocycles. The standard InChI is InChI=1S/C17H25BrFN/c1-17(2,3)13-6-4-12(5-7-13)11-20-16-10-14(18)8-9-15(16)19/h8-10,12-13,20H,4-7,11H2,1-3H3. The molecule has 1 aliphatic carbocycles. The van der Waals surface area contributed by atoms with Crippen molar-refractivity contribution in [1.82, 2.24) is 0 Å². The van der Waals surface area contributed by atoms with Crippen LogP contribution in [0.3, 0.4) is 0 Å². The first-order chi connectivity index (χ1) is 9.36. The molecule has 1 nitrogen and oxygen atoms in total. The third-order valence-corrected chi connectivity index (χ3v) is 5.07. The van der Waals surface area contributed by atoms with Crippen LogP contribution >= 0.6 is 15.9 Å².